The minimum absolute atomic E-state index is 0.272. The Labute approximate surface area is 211 Å². The molecule has 35 heavy (non-hydrogen) atoms. The molecule has 0 aliphatic carbocycles. The lowest BCUT2D eigenvalue weighted by Gasteiger charge is -2.37. The average Bonchev–Trinajstić information content (AvgIpc) is 2.88. The molecule has 3 aromatic rings. The molecule has 0 amide bonds. The molecule has 0 bridgehead atoms. The molecule has 0 radical (unpaired) electrons. The van der Waals surface area contributed by atoms with Crippen molar-refractivity contribution in [2.45, 2.75) is 26.5 Å². The van der Waals surface area contributed by atoms with Crippen molar-refractivity contribution in [3.63, 3.8) is 0 Å². The first-order valence-electron chi connectivity index (χ1n) is 11.4. The first-order chi connectivity index (χ1) is 17.0. The third-order valence-electron chi connectivity index (χ3n) is 5.75. The molecule has 180 valence electrons. The smallest absolute Gasteiger partial charge is 0.338 e. The van der Waals surface area contributed by atoms with Crippen LogP contribution in [0.1, 0.15) is 31.0 Å². The fraction of sp³-hybridized carbons (Fsp3) is 0.214. The summed E-state index contributed by atoms with van der Waals surface area (Å²) >= 11 is 5.72. The molecule has 6 nitrogen and oxygen atoms in total. The van der Waals surface area contributed by atoms with Crippen molar-refractivity contribution >= 4 is 29.0 Å². The molecule has 3 aromatic carbocycles. The van der Waals surface area contributed by atoms with Crippen LogP contribution in [0.4, 0.5) is 5.69 Å². The molecule has 0 spiro atoms. The Balaban J connectivity index is 1.69. The van der Waals surface area contributed by atoms with Crippen molar-refractivity contribution < 1.29 is 19.0 Å². The van der Waals surface area contributed by atoms with Crippen molar-refractivity contribution in [1.82, 2.24) is 5.32 Å². The summed E-state index contributed by atoms with van der Waals surface area (Å²) in [5.74, 6) is 0.787. The number of nitrogens with one attached hydrogen (secondary N) is 1. The lowest BCUT2D eigenvalue weighted by molar-refractivity contribution is -0.139. The van der Waals surface area contributed by atoms with Gasteiger partial charge >= 0.3 is 5.97 Å². The van der Waals surface area contributed by atoms with E-state index in [9.17, 15) is 4.79 Å². The van der Waals surface area contributed by atoms with E-state index < -0.39 is 12.0 Å². The summed E-state index contributed by atoms with van der Waals surface area (Å²) in [7, 11) is 1.60. The number of hydrogen-bond acceptors (Lipinski definition) is 5. The van der Waals surface area contributed by atoms with Crippen LogP contribution in [0.25, 0.3) is 0 Å². The normalized spacial score (nSPS) is 15.5. The molecule has 4 rings (SSSR count). The average molecular weight is 489 g/mol. The number of hydrogen-bond donors (Lipinski definition) is 1. The van der Waals surface area contributed by atoms with Crippen molar-refractivity contribution in [3.8, 4) is 11.5 Å². The number of thiocarbonyl (C=S) groups is 1. The Morgan fingerprint density at radius 3 is 2.34 bits per heavy atom. The molecule has 0 aromatic heterocycles. The van der Waals surface area contributed by atoms with Gasteiger partial charge in [0.2, 0.25) is 0 Å². The Bertz CT molecular complexity index is 1230. The molecule has 1 heterocycles. The van der Waals surface area contributed by atoms with Crippen molar-refractivity contribution in [1.29, 1.82) is 0 Å². The van der Waals surface area contributed by atoms with E-state index in [1.165, 1.54) is 0 Å². The Hall–Kier alpha value is -3.84. The van der Waals surface area contributed by atoms with Gasteiger partial charge < -0.3 is 19.5 Å². The number of allylic oxidation sites excluding steroid dienone is 1. The van der Waals surface area contributed by atoms with Gasteiger partial charge in [-0.15, -0.1) is 0 Å². The quantitative estimate of drug-likeness (QED) is 0.330. The van der Waals surface area contributed by atoms with Gasteiger partial charge in [-0.2, -0.15) is 0 Å². The Morgan fingerprint density at radius 1 is 1.00 bits per heavy atom. The Morgan fingerprint density at radius 2 is 1.69 bits per heavy atom. The standard InChI is InChI=1S/C28H28N2O4S/c1-4-33-27(31)25-19(2)30(22-13-9-6-10-14-22)28(35)29-26(25)21-15-16-23(24(17-21)32-3)34-18-20-11-7-5-8-12-20/h5-17,26H,4,18H2,1-3H3,(H,29,35)/t26-/m1/s1. The highest BCUT2D eigenvalue weighted by molar-refractivity contribution is 7.80. The molecule has 1 aliphatic heterocycles. The highest BCUT2D eigenvalue weighted by Crippen LogP contribution is 2.37. The fourth-order valence-corrected chi connectivity index (χ4v) is 4.43. The summed E-state index contributed by atoms with van der Waals surface area (Å²) in [5, 5.41) is 3.83. The van der Waals surface area contributed by atoms with Gasteiger partial charge in [-0.25, -0.2) is 4.79 Å². The van der Waals surface area contributed by atoms with Gasteiger partial charge in [-0.05, 0) is 61.5 Å². The molecular formula is C28H28N2O4S. The zero-order chi connectivity index (χ0) is 24.8. The molecule has 7 heteroatoms. The number of methoxy groups -OCH3 is 1. The van der Waals surface area contributed by atoms with Gasteiger partial charge in [0.1, 0.15) is 6.61 Å². The van der Waals surface area contributed by atoms with E-state index in [1.807, 2.05) is 90.7 Å². The van der Waals surface area contributed by atoms with Gasteiger partial charge in [0.05, 0.1) is 25.3 Å². The van der Waals surface area contributed by atoms with Gasteiger partial charge in [0.25, 0.3) is 0 Å². The van der Waals surface area contributed by atoms with Gasteiger partial charge in [-0.1, -0.05) is 54.6 Å². The first-order valence-corrected chi connectivity index (χ1v) is 11.8. The number of ether oxygens (including phenoxy) is 3. The largest absolute Gasteiger partial charge is 0.493 e. The van der Waals surface area contributed by atoms with Crippen LogP contribution < -0.4 is 19.7 Å². The van der Waals surface area contributed by atoms with Gasteiger partial charge in [0, 0.05) is 11.4 Å². The summed E-state index contributed by atoms with van der Waals surface area (Å²) in [6, 6.07) is 24.7. The lowest BCUT2D eigenvalue weighted by atomic mass is 9.94. The van der Waals surface area contributed by atoms with Crippen LogP contribution in [0.5, 0.6) is 11.5 Å². The Kier molecular flexibility index (Phi) is 7.67. The summed E-state index contributed by atoms with van der Waals surface area (Å²) < 4.78 is 17.1. The minimum atomic E-state index is -0.501. The zero-order valence-corrected chi connectivity index (χ0v) is 20.8. The fourth-order valence-electron chi connectivity index (χ4n) is 4.07. The van der Waals surface area contributed by atoms with Gasteiger partial charge in [0.15, 0.2) is 16.6 Å². The number of rotatable bonds is 8. The molecule has 1 N–H and O–H groups in total. The van der Waals surface area contributed by atoms with E-state index in [0.29, 0.717) is 34.5 Å². The van der Waals surface area contributed by atoms with Crippen LogP contribution in [-0.4, -0.2) is 24.8 Å². The van der Waals surface area contributed by atoms with E-state index in [1.54, 1.807) is 14.0 Å². The maximum Gasteiger partial charge on any atom is 0.338 e. The molecular weight excluding hydrogens is 460 g/mol. The highest BCUT2D eigenvalue weighted by atomic mass is 32.1. The second kappa shape index (κ2) is 11.1. The number of carbonyl (C=O) groups is 1. The first kappa shape index (κ1) is 24.3. The predicted octanol–water partition coefficient (Wildman–Crippen LogP) is 5.55. The number of nitrogens with zero attached hydrogens (tertiary/aromatic N) is 1. The summed E-state index contributed by atoms with van der Waals surface area (Å²) in [6.07, 6.45) is 0. The number of para-hydroxylation sites is 1. The van der Waals surface area contributed by atoms with Gasteiger partial charge in [-0.3, -0.25) is 4.90 Å². The number of anilines is 1. The maximum atomic E-state index is 13.1. The summed E-state index contributed by atoms with van der Waals surface area (Å²) in [6.45, 7) is 4.36. The van der Waals surface area contributed by atoms with Crippen molar-refractivity contribution in [2.75, 3.05) is 18.6 Å². The highest BCUT2D eigenvalue weighted by Gasteiger charge is 2.35. The summed E-state index contributed by atoms with van der Waals surface area (Å²) in [4.78, 5) is 15.0. The predicted molar refractivity (Wildman–Crippen MR) is 140 cm³/mol. The van der Waals surface area contributed by atoms with Crippen LogP contribution in [0.3, 0.4) is 0 Å². The molecule has 0 saturated carbocycles. The van der Waals surface area contributed by atoms with Crippen molar-refractivity contribution in [3.05, 3.63) is 101 Å². The van der Waals surface area contributed by atoms with E-state index in [2.05, 4.69) is 5.32 Å². The number of carbonyl (C=O) groups excluding carboxylic acids is 1. The molecule has 0 unspecified atom stereocenters. The van der Waals surface area contributed by atoms with Crippen molar-refractivity contribution in [2.24, 2.45) is 0 Å². The maximum absolute atomic E-state index is 13.1. The van der Waals surface area contributed by atoms with E-state index >= 15 is 0 Å². The SMILES string of the molecule is CCOC(=O)C1=C(C)N(c2ccccc2)C(=S)N[C@@H]1c1ccc(OCc2ccccc2)c(OC)c1. The molecule has 0 fully saturated rings. The van der Waals surface area contributed by atoms with E-state index in [4.69, 9.17) is 26.4 Å². The van der Waals surface area contributed by atoms with E-state index in [-0.39, 0.29) is 6.61 Å². The third kappa shape index (κ3) is 5.30. The molecule has 1 aliphatic rings. The van der Waals surface area contributed by atoms with Crippen LogP contribution in [0, 0.1) is 0 Å². The zero-order valence-electron chi connectivity index (χ0n) is 20.0. The third-order valence-corrected chi connectivity index (χ3v) is 6.05. The van der Waals surface area contributed by atoms with Crippen LogP contribution in [-0.2, 0) is 16.1 Å². The second-order valence-electron chi connectivity index (χ2n) is 7.96. The molecule has 0 saturated heterocycles. The van der Waals surface area contributed by atoms with Crippen LogP contribution >= 0.6 is 12.2 Å². The number of esters is 1. The molecule has 1 atom stereocenters. The second-order valence-corrected chi connectivity index (χ2v) is 8.34. The van der Waals surface area contributed by atoms with Crippen LogP contribution in [0.2, 0.25) is 0 Å². The van der Waals surface area contributed by atoms with Crippen LogP contribution in [0.15, 0.2) is 90.1 Å². The number of benzene rings is 3. The lowest BCUT2D eigenvalue weighted by Crippen LogP contribution is -2.48. The monoisotopic (exact) mass is 488 g/mol. The minimum Gasteiger partial charge on any atom is -0.493 e. The van der Waals surface area contributed by atoms with E-state index in [0.717, 1.165) is 16.8 Å². The summed E-state index contributed by atoms with van der Waals surface area (Å²) in [5.41, 5.74) is 3.94. The topological polar surface area (TPSA) is 60.0 Å².